The molecule has 3 fully saturated rings. The molecule has 0 spiro atoms. The lowest BCUT2D eigenvalue weighted by Crippen LogP contribution is -2.54. The van der Waals surface area contributed by atoms with Gasteiger partial charge in [-0.1, -0.05) is 0 Å². The van der Waals surface area contributed by atoms with Gasteiger partial charge >= 0.3 is 6.03 Å². The Kier molecular flexibility index (Phi) is 1.92. The van der Waals surface area contributed by atoms with Gasteiger partial charge in [0, 0.05) is 12.6 Å². The first-order valence-corrected chi connectivity index (χ1v) is 5.59. The third kappa shape index (κ3) is 1.15. The summed E-state index contributed by atoms with van der Waals surface area (Å²) in [6.45, 7) is 0.269. The first kappa shape index (κ1) is 9.62. The fourth-order valence-corrected chi connectivity index (χ4v) is 2.44. The van der Waals surface area contributed by atoms with Crippen LogP contribution in [0.5, 0.6) is 0 Å². The van der Waals surface area contributed by atoms with E-state index < -0.39 is 6.04 Å². The molecule has 2 saturated heterocycles. The van der Waals surface area contributed by atoms with Crippen molar-refractivity contribution in [3.05, 3.63) is 0 Å². The fraction of sp³-hybridized carbons (Fsp3) is 0.700. The Labute approximate surface area is 92.6 Å². The Morgan fingerprint density at radius 3 is 2.56 bits per heavy atom. The van der Waals surface area contributed by atoms with Crippen LogP contribution in [0.15, 0.2) is 0 Å². The number of nitrogens with zero attached hydrogens (tertiary/aromatic N) is 2. The van der Waals surface area contributed by atoms with Crippen molar-refractivity contribution in [1.29, 1.82) is 0 Å². The van der Waals surface area contributed by atoms with Gasteiger partial charge in [0.1, 0.15) is 12.6 Å². The number of nitrogens with one attached hydrogen (secondary N) is 1. The van der Waals surface area contributed by atoms with E-state index in [1.807, 2.05) is 0 Å². The Hall–Kier alpha value is -1.59. The lowest BCUT2D eigenvalue weighted by Gasteiger charge is -2.32. The predicted octanol–water partition coefficient (Wildman–Crippen LogP) is -0.698. The molecular formula is C10H13N3O3. The Morgan fingerprint density at radius 2 is 1.94 bits per heavy atom. The normalized spacial score (nSPS) is 30.2. The Bertz CT molecular complexity index is 378. The van der Waals surface area contributed by atoms with Gasteiger partial charge in [-0.05, 0) is 19.3 Å². The largest absolute Gasteiger partial charge is 0.352 e. The van der Waals surface area contributed by atoms with Gasteiger partial charge in [-0.25, -0.2) is 4.79 Å². The summed E-state index contributed by atoms with van der Waals surface area (Å²) in [6, 6.07) is -0.680. The Morgan fingerprint density at radius 1 is 1.19 bits per heavy atom. The standard InChI is InChI=1S/C10H13N3O3/c14-8-5-12-7(4-11-8)9(15)13(10(12)16)6-2-1-3-6/h6-7H,1-5H2,(H,11,14). The second-order valence-corrected chi connectivity index (χ2v) is 4.52. The van der Waals surface area contributed by atoms with Crippen molar-refractivity contribution in [1.82, 2.24) is 15.1 Å². The summed E-state index contributed by atoms with van der Waals surface area (Å²) in [4.78, 5) is 37.9. The highest BCUT2D eigenvalue weighted by atomic mass is 16.2. The molecule has 0 aromatic heterocycles. The average Bonchev–Trinajstić information content (AvgIpc) is 2.41. The molecule has 1 N–H and O–H groups in total. The monoisotopic (exact) mass is 223 g/mol. The second kappa shape index (κ2) is 3.20. The summed E-state index contributed by atoms with van der Waals surface area (Å²) < 4.78 is 0. The number of carbonyl (C=O) groups excluding carboxylic acids is 3. The molecule has 2 heterocycles. The first-order valence-electron chi connectivity index (χ1n) is 5.59. The molecule has 3 aliphatic rings. The minimum Gasteiger partial charge on any atom is -0.352 e. The number of hydrogen-bond donors (Lipinski definition) is 1. The zero-order valence-electron chi connectivity index (χ0n) is 8.81. The second-order valence-electron chi connectivity index (χ2n) is 4.52. The summed E-state index contributed by atoms with van der Waals surface area (Å²) in [5.41, 5.74) is 0. The topological polar surface area (TPSA) is 69.7 Å². The van der Waals surface area contributed by atoms with Crippen LogP contribution in [0.2, 0.25) is 0 Å². The Balaban J connectivity index is 1.85. The number of amides is 4. The summed E-state index contributed by atoms with van der Waals surface area (Å²) >= 11 is 0. The molecule has 6 nitrogen and oxygen atoms in total. The van der Waals surface area contributed by atoms with Crippen LogP contribution in [0, 0.1) is 0 Å². The molecule has 4 amide bonds. The molecule has 1 atom stereocenters. The molecule has 16 heavy (non-hydrogen) atoms. The van der Waals surface area contributed by atoms with Gasteiger partial charge in [0.2, 0.25) is 5.91 Å². The predicted molar refractivity (Wildman–Crippen MR) is 53.4 cm³/mol. The summed E-state index contributed by atoms with van der Waals surface area (Å²) in [5, 5.41) is 2.62. The van der Waals surface area contributed by atoms with E-state index >= 15 is 0 Å². The molecule has 1 aliphatic carbocycles. The zero-order valence-corrected chi connectivity index (χ0v) is 8.81. The minimum atomic E-state index is -0.467. The van der Waals surface area contributed by atoms with E-state index in [0.717, 1.165) is 19.3 Å². The van der Waals surface area contributed by atoms with Crippen LogP contribution in [-0.4, -0.2) is 52.8 Å². The number of urea groups is 1. The van der Waals surface area contributed by atoms with Crippen LogP contribution in [-0.2, 0) is 9.59 Å². The molecule has 3 rings (SSSR count). The molecule has 1 unspecified atom stereocenters. The number of hydrogen-bond acceptors (Lipinski definition) is 3. The first-order chi connectivity index (χ1) is 7.68. The fourth-order valence-electron chi connectivity index (χ4n) is 2.44. The third-order valence-corrected chi connectivity index (χ3v) is 3.60. The van der Waals surface area contributed by atoms with Crippen molar-refractivity contribution in [3.63, 3.8) is 0 Å². The van der Waals surface area contributed by atoms with Crippen molar-refractivity contribution in [2.45, 2.75) is 31.3 Å². The van der Waals surface area contributed by atoms with Crippen molar-refractivity contribution in [2.24, 2.45) is 0 Å². The maximum absolute atomic E-state index is 12.0. The highest BCUT2D eigenvalue weighted by Crippen LogP contribution is 2.31. The molecule has 1 saturated carbocycles. The SMILES string of the molecule is O=C1CN2C(=O)N(C3CCC3)C(=O)C2CN1. The lowest BCUT2D eigenvalue weighted by atomic mass is 9.91. The molecule has 2 aliphatic heterocycles. The van der Waals surface area contributed by atoms with Crippen LogP contribution in [0.4, 0.5) is 4.79 Å². The van der Waals surface area contributed by atoms with Crippen molar-refractivity contribution in [3.8, 4) is 0 Å². The van der Waals surface area contributed by atoms with E-state index in [-0.39, 0.29) is 37.0 Å². The number of piperazine rings is 1. The minimum absolute atomic E-state index is 0.0124. The van der Waals surface area contributed by atoms with Gasteiger partial charge in [-0.3, -0.25) is 14.5 Å². The molecule has 0 aromatic rings. The van der Waals surface area contributed by atoms with E-state index in [0.29, 0.717) is 0 Å². The zero-order chi connectivity index (χ0) is 11.3. The van der Waals surface area contributed by atoms with E-state index in [1.54, 1.807) is 0 Å². The average molecular weight is 223 g/mol. The van der Waals surface area contributed by atoms with Crippen LogP contribution >= 0.6 is 0 Å². The van der Waals surface area contributed by atoms with Gasteiger partial charge in [0.05, 0.1) is 0 Å². The summed E-state index contributed by atoms with van der Waals surface area (Å²) in [5.74, 6) is -0.331. The summed E-state index contributed by atoms with van der Waals surface area (Å²) in [7, 11) is 0. The number of rotatable bonds is 1. The van der Waals surface area contributed by atoms with E-state index in [2.05, 4.69) is 5.32 Å². The number of carbonyl (C=O) groups is 3. The van der Waals surface area contributed by atoms with Crippen LogP contribution in [0.25, 0.3) is 0 Å². The maximum Gasteiger partial charge on any atom is 0.328 e. The van der Waals surface area contributed by atoms with Gasteiger partial charge in [-0.15, -0.1) is 0 Å². The van der Waals surface area contributed by atoms with E-state index in [4.69, 9.17) is 0 Å². The maximum atomic E-state index is 12.0. The number of fused-ring (bicyclic) bond motifs is 1. The molecular weight excluding hydrogens is 210 g/mol. The molecule has 0 bridgehead atoms. The van der Waals surface area contributed by atoms with Gasteiger partial charge in [-0.2, -0.15) is 0 Å². The van der Waals surface area contributed by atoms with E-state index in [9.17, 15) is 14.4 Å². The molecule has 6 heteroatoms. The van der Waals surface area contributed by atoms with Crippen LogP contribution < -0.4 is 5.32 Å². The lowest BCUT2D eigenvalue weighted by molar-refractivity contribution is -0.132. The summed E-state index contributed by atoms with van der Waals surface area (Å²) in [6.07, 6.45) is 2.88. The molecule has 86 valence electrons. The van der Waals surface area contributed by atoms with Crippen LogP contribution in [0.1, 0.15) is 19.3 Å². The smallest absolute Gasteiger partial charge is 0.328 e. The molecule has 0 aromatic carbocycles. The third-order valence-electron chi connectivity index (χ3n) is 3.60. The highest BCUT2D eigenvalue weighted by molar-refractivity contribution is 6.07. The van der Waals surface area contributed by atoms with Gasteiger partial charge < -0.3 is 10.2 Å². The van der Waals surface area contributed by atoms with Crippen molar-refractivity contribution < 1.29 is 14.4 Å². The van der Waals surface area contributed by atoms with Gasteiger partial charge in [0.25, 0.3) is 5.91 Å². The van der Waals surface area contributed by atoms with Gasteiger partial charge in [0.15, 0.2) is 0 Å². The quantitative estimate of drug-likeness (QED) is 0.598. The molecule has 0 radical (unpaired) electrons. The van der Waals surface area contributed by atoms with Crippen molar-refractivity contribution in [2.75, 3.05) is 13.1 Å². The van der Waals surface area contributed by atoms with E-state index in [1.165, 1.54) is 9.80 Å². The highest BCUT2D eigenvalue weighted by Gasteiger charge is 2.50. The number of imide groups is 1. The van der Waals surface area contributed by atoms with Crippen molar-refractivity contribution >= 4 is 17.8 Å². The van der Waals surface area contributed by atoms with Crippen LogP contribution in [0.3, 0.4) is 0 Å².